The number of hydrogen-bond acceptors (Lipinski definition) is 6. The molecule has 8 nitrogen and oxygen atoms in total. The van der Waals surface area contributed by atoms with Crippen molar-refractivity contribution in [2.45, 2.75) is 44.8 Å². The number of amides is 1. The lowest BCUT2D eigenvalue weighted by atomic mass is 9.93. The molecule has 2 saturated heterocycles. The number of aromatic amines is 1. The van der Waals surface area contributed by atoms with Crippen LogP contribution < -0.4 is 5.32 Å². The minimum absolute atomic E-state index is 0.0755. The number of hydrogen-bond donors (Lipinski definition) is 2. The lowest BCUT2D eigenvalue weighted by molar-refractivity contribution is -0.127. The van der Waals surface area contributed by atoms with E-state index in [-0.39, 0.29) is 11.8 Å². The van der Waals surface area contributed by atoms with Crippen molar-refractivity contribution in [1.29, 1.82) is 0 Å². The van der Waals surface area contributed by atoms with Crippen molar-refractivity contribution in [2.24, 2.45) is 5.92 Å². The maximum absolute atomic E-state index is 12.6. The molecule has 2 fully saturated rings. The van der Waals surface area contributed by atoms with Crippen LogP contribution in [0.2, 0.25) is 0 Å². The van der Waals surface area contributed by atoms with Crippen LogP contribution in [0.3, 0.4) is 0 Å². The number of pyridine rings is 1. The van der Waals surface area contributed by atoms with Crippen molar-refractivity contribution in [3.8, 4) is 0 Å². The van der Waals surface area contributed by atoms with Crippen molar-refractivity contribution in [1.82, 2.24) is 35.3 Å². The zero-order valence-electron chi connectivity index (χ0n) is 16.3. The van der Waals surface area contributed by atoms with Gasteiger partial charge in [-0.05, 0) is 63.0 Å². The minimum Gasteiger partial charge on any atom is -0.349 e. The van der Waals surface area contributed by atoms with E-state index in [1.165, 1.54) is 24.7 Å². The van der Waals surface area contributed by atoms with E-state index in [2.05, 4.69) is 47.4 Å². The molecule has 0 unspecified atom stereocenters. The summed E-state index contributed by atoms with van der Waals surface area (Å²) in [7, 11) is 0. The first kappa shape index (κ1) is 19.0. The van der Waals surface area contributed by atoms with Gasteiger partial charge in [-0.15, -0.1) is 0 Å². The summed E-state index contributed by atoms with van der Waals surface area (Å²) in [4.78, 5) is 25.8. The third kappa shape index (κ3) is 4.94. The van der Waals surface area contributed by atoms with Gasteiger partial charge in [0.1, 0.15) is 12.2 Å². The fraction of sp³-hybridized carbons (Fsp3) is 0.600. The summed E-state index contributed by atoms with van der Waals surface area (Å²) in [5.41, 5.74) is 1.33. The zero-order chi connectivity index (χ0) is 19.2. The summed E-state index contributed by atoms with van der Waals surface area (Å²) in [6.45, 7) is 5.64. The van der Waals surface area contributed by atoms with Crippen molar-refractivity contribution in [2.75, 3.05) is 26.2 Å². The molecule has 150 valence electrons. The molecule has 1 amide bonds. The fourth-order valence-corrected chi connectivity index (χ4v) is 4.37. The van der Waals surface area contributed by atoms with Gasteiger partial charge >= 0.3 is 0 Å². The Balaban J connectivity index is 1.23. The van der Waals surface area contributed by atoms with Crippen LogP contribution in [0.1, 0.15) is 37.1 Å². The number of likely N-dealkylation sites (tertiary alicyclic amines) is 2. The predicted octanol–water partition coefficient (Wildman–Crippen LogP) is 1.19. The Morgan fingerprint density at radius 1 is 1.18 bits per heavy atom. The average Bonchev–Trinajstić information content (AvgIpc) is 3.27. The molecule has 8 heteroatoms. The highest BCUT2D eigenvalue weighted by molar-refractivity contribution is 5.78. The number of rotatable bonds is 6. The van der Waals surface area contributed by atoms with E-state index in [1.807, 2.05) is 12.4 Å². The Morgan fingerprint density at radius 2 is 2.00 bits per heavy atom. The monoisotopic (exact) mass is 383 g/mol. The normalized spacial score (nSPS) is 22.2. The summed E-state index contributed by atoms with van der Waals surface area (Å²) in [5, 5.41) is 9.60. The summed E-state index contributed by atoms with van der Waals surface area (Å²) in [5.74, 6) is 0.908. The molecule has 1 atom stereocenters. The highest BCUT2D eigenvalue weighted by Crippen LogP contribution is 2.24. The van der Waals surface area contributed by atoms with Crippen LogP contribution in [0.15, 0.2) is 30.9 Å². The molecule has 0 aromatic carbocycles. The second-order valence-electron chi connectivity index (χ2n) is 7.85. The quantitative estimate of drug-likeness (QED) is 0.779. The van der Waals surface area contributed by atoms with Crippen LogP contribution in [-0.4, -0.2) is 68.1 Å². The molecule has 0 aliphatic carbocycles. The van der Waals surface area contributed by atoms with E-state index < -0.39 is 0 Å². The van der Waals surface area contributed by atoms with Crippen LogP contribution in [0.4, 0.5) is 0 Å². The Labute approximate surface area is 165 Å². The Kier molecular flexibility index (Phi) is 6.28. The number of carbonyl (C=O) groups is 1. The lowest BCUT2D eigenvalue weighted by Crippen LogP contribution is -2.50. The Morgan fingerprint density at radius 3 is 2.75 bits per heavy atom. The van der Waals surface area contributed by atoms with E-state index in [9.17, 15) is 4.79 Å². The largest absolute Gasteiger partial charge is 0.349 e. The molecule has 4 heterocycles. The van der Waals surface area contributed by atoms with Crippen LogP contribution in [0.5, 0.6) is 0 Å². The van der Waals surface area contributed by atoms with Gasteiger partial charge in [0.05, 0.1) is 12.5 Å². The topological polar surface area (TPSA) is 90.0 Å². The number of aromatic nitrogens is 4. The summed E-state index contributed by atoms with van der Waals surface area (Å²) < 4.78 is 0. The minimum atomic E-state index is 0.0755. The molecule has 0 saturated carbocycles. The molecule has 2 aliphatic rings. The number of carbonyl (C=O) groups excluding carboxylic acids is 1. The van der Waals surface area contributed by atoms with E-state index in [0.717, 1.165) is 45.6 Å². The van der Waals surface area contributed by atoms with Gasteiger partial charge in [0, 0.05) is 31.5 Å². The van der Waals surface area contributed by atoms with Crippen molar-refractivity contribution < 1.29 is 4.79 Å². The van der Waals surface area contributed by atoms with Crippen LogP contribution in [0.25, 0.3) is 0 Å². The van der Waals surface area contributed by atoms with E-state index >= 15 is 0 Å². The summed E-state index contributed by atoms with van der Waals surface area (Å²) in [6, 6.07) is 4.79. The Hall–Kier alpha value is -2.32. The summed E-state index contributed by atoms with van der Waals surface area (Å²) in [6.07, 6.45) is 9.61. The maximum atomic E-state index is 12.6. The molecule has 0 bridgehead atoms. The molecular weight excluding hydrogens is 354 g/mol. The van der Waals surface area contributed by atoms with E-state index in [0.29, 0.717) is 18.4 Å². The molecule has 4 rings (SSSR count). The van der Waals surface area contributed by atoms with Gasteiger partial charge in [0.25, 0.3) is 0 Å². The van der Waals surface area contributed by atoms with Gasteiger partial charge in [0.15, 0.2) is 0 Å². The average molecular weight is 384 g/mol. The van der Waals surface area contributed by atoms with Crippen molar-refractivity contribution in [3.63, 3.8) is 0 Å². The van der Waals surface area contributed by atoms with Crippen molar-refractivity contribution in [3.05, 3.63) is 42.2 Å². The highest BCUT2D eigenvalue weighted by atomic mass is 16.1. The summed E-state index contributed by atoms with van der Waals surface area (Å²) >= 11 is 0. The Bertz CT molecular complexity index is 728. The number of nitrogens with one attached hydrogen (secondary N) is 2. The first-order valence-electron chi connectivity index (χ1n) is 10.2. The van der Waals surface area contributed by atoms with Gasteiger partial charge in [-0.3, -0.25) is 24.7 Å². The second-order valence-corrected chi connectivity index (χ2v) is 7.85. The molecule has 28 heavy (non-hydrogen) atoms. The number of nitrogens with zero attached hydrogens (tertiary/aromatic N) is 5. The molecule has 2 aromatic rings. The molecule has 0 spiro atoms. The van der Waals surface area contributed by atoms with E-state index in [4.69, 9.17) is 0 Å². The third-order valence-corrected chi connectivity index (χ3v) is 5.95. The number of piperidine rings is 2. The molecular formula is C20H29N7O. The van der Waals surface area contributed by atoms with Gasteiger partial charge in [-0.25, -0.2) is 4.98 Å². The van der Waals surface area contributed by atoms with Gasteiger partial charge in [0.2, 0.25) is 5.91 Å². The standard InChI is InChI=1S/C20H29N7O/c28-20(22-12-19-23-15-24-25-19)17-2-1-9-27(14-17)18-5-10-26(11-6-18)13-16-3-7-21-8-4-16/h3-4,7-8,15,17-18H,1-2,5-6,9-14H2,(H,22,28)(H,23,24,25)/t17-/m0/s1. The zero-order valence-corrected chi connectivity index (χ0v) is 16.3. The van der Waals surface area contributed by atoms with Gasteiger partial charge in [-0.2, -0.15) is 5.10 Å². The SMILES string of the molecule is O=C(NCc1ncn[nH]1)[C@H]1CCCN(C2CCN(Cc3ccncc3)CC2)C1. The predicted molar refractivity (Wildman–Crippen MR) is 105 cm³/mol. The first-order valence-corrected chi connectivity index (χ1v) is 10.2. The van der Waals surface area contributed by atoms with Crippen LogP contribution in [0, 0.1) is 5.92 Å². The third-order valence-electron chi connectivity index (χ3n) is 5.95. The van der Waals surface area contributed by atoms with Crippen LogP contribution in [-0.2, 0) is 17.9 Å². The van der Waals surface area contributed by atoms with E-state index in [1.54, 1.807) is 0 Å². The second kappa shape index (κ2) is 9.25. The van der Waals surface area contributed by atoms with Crippen molar-refractivity contribution >= 4 is 5.91 Å². The molecule has 2 N–H and O–H groups in total. The molecule has 0 radical (unpaired) electrons. The molecule has 2 aromatic heterocycles. The molecule has 2 aliphatic heterocycles. The first-order chi connectivity index (χ1) is 13.8. The van der Waals surface area contributed by atoms with Crippen LogP contribution >= 0.6 is 0 Å². The lowest BCUT2D eigenvalue weighted by Gasteiger charge is -2.42. The number of H-pyrrole nitrogens is 1. The highest BCUT2D eigenvalue weighted by Gasteiger charge is 2.31. The van der Waals surface area contributed by atoms with Gasteiger partial charge in [-0.1, -0.05) is 0 Å². The smallest absolute Gasteiger partial charge is 0.224 e. The fourth-order valence-electron chi connectivity index (χ4n) is 4.37. The van der Waals surface area contributed by atoms with Gasteiger partial charge < -0.3 is 5.32 Å². The maximum Gasteiger partial charge on any atom is 0.224 e.